The third-order valence-electron chi connectivity index (χ3n) is 4.27. The number of allylic oxidation sites excluding steroid dienone is 1. The Kier molecular flexibility index (Phi) is 3.12. The van der Waals surface area contributed by atoms with Gasteiger partial charge in [-0.25, -0.2) is 0 Å². The van der Waals surface area contributed by atoms with Gasteiger partial charge in [0.05, 0.1) is 5.92 Å². The zero-order valence-electron chi connectivity index (χ0n) is 12.5. The average Bonchev–Trinajstić information content (AvgIpc) is 3.12. The van der Waals surface area contributed by atoms with E-state index < -0.39 is 5.79 Å². The molecule has 4 rings (SSSR count). The lowest BCUT2D eigenvalue weighted by Crippen LogP contribution is -2.37. The van der Waals surface area contributed by atoms with E-state index >= 15 is 0 Å². The zero-order valence-corrected chi connectivity index (χ0v) is 12.5. The fourth-order valence-corrected chi connectivity index (χ4v) is 3.38. The summed E-state index contributed by atoms with van der Waals surface area (Å²) in [6, 6.07) is 20.8. The molecular weight excluding hydrogens is 272 g/mol. The summed E-state index contributed by atoms with van der Waals surface area (Å²) in [7, 11) is 0. The summed E-state index contributed by atoms with van der Waals surface area (Å²) in [5.74, 6) is 0.261. The highest BCUT2D eigenvalue weighted by molar-refractivity contribution is 5.79. The highest BCUT2D eigenvalue weighted by atomic mass is 16.7. The molecule has 0 fully saturated rings. The van der Waals surface area contributed by atoms with Crippen molar-refractivity contribution in [3.8, 4) is 0 Å². The first-order chi connectivity index (χ1) is 10.8. The van der Waals surface area contributed by atoms with E-state index in [1.165, 1.54) is 5.56 Å². The maximum atomic E-state index is 6.18. The average molecular weight is 290 g/mol. The van der Waals surface area contributed by atoms with Crippen LogP contribution in [-0.2, 0) is 9.47 Å². The van der Waals surface area contributed by atoms with Gasteiger partial charge >= 0.3 is 0 Å². The smallest absolute Gasteiger partial charge is 0.248 e. The normalized spacial score (nSPS) is 25.6. The summed E-state index contributed by atoms with van der Waals surface area (Å²) in [6.45, 7) is 2.62. The molecule has 0 spiro atoms. The molecule has 0 saturated heterocycles. The SMILES string of the molecule is CCOC12OC(=CC1c1ccccc1)C=C2c1ccccc1. The topological polar surface area (TPSA) is 18.5 Å². The van der Waals surface area contributed by atoms with Crippen LogP contribution in [-0.4, -0.2) is 12.4 Å². The maximum absolute atomic E-state index is 6.18. The highest BCUT2D eigenvalue weighted by Gasteiger charge is 2.54. The lowest BCUT2D eigenvalue weighted by molar-refractivity contribution is -0.154. The Balaban J connectivity index is 1.82. The second kappa shape index (κ2) is 5.15. The first-order valence-electron chi connectivity index (χ1n) is 7.71. The number of rotatable bonds is 4. The molecule has 2 aromatic carbocycles. The Morgan fingerprint density at radius 1 is 1.00 bits per heavy atom. The molecule has 2 heterocycles. The molecule has 2 heteroatoms. The minimum absolute atomic E-state index is 0.0869. The van der Waals surface area contributed by atoms with E-state index in [2.05, 4.69) is 48.6 Å². The van der Waals surface area contributed by atoms with Crippen molar-refractivity contribution in [1.29, 1.82) is 0 Å². The van der Waals surface area contributed by atoms with Crippen molar-refractivity contribution in [2.75, 3.05) is 6.61 Å². The van der Waals surface area contributed by atoms with Gasteiger partial charge in [0, 0.05) is 12.2 Å². The zero-order chi connectivity index (χ0) is 15.0. The van der Waals surface area contributed by atoms with Gasteiger partial charge in [-0.3, -0.25) is 0 Å². The Hall–Kier alpha value is -2.32. The monoisotopic (exact) mass is 290 g/mol. The summed E-state index contributed by atoms with van der Waals surface area (Å²) in [6.07, 6.45) is 4.27. The largest absolute Gasteiger partial charge is 0.457 e. The van der Waals surface area contributed by atoms with Gasteiger partial charge in [0.15, 0.2) is 0 Å². The van der Waals surface area contributed by atoms with E-state index in [4.69, 9.17) is 9.47 Å². The molecule has 2 nitrogen and oxygen atoms in total. The predicted molar refractivity (Wildman–Crippen MR) is 87.1 cm³/mol. The molecule has 2 bridgehead atoms. The van der Waals surface area contributed by atoms with Gasteiger partial charge in [0.1, 0.15) is 5.76 Å². The Morgan fingerprint density at radius 2 is 1.68 bits per heavy atom. The summed E-state index contributed by atoms with van der Waals surface area (Å²) in [5, 5.41) is 0. The van der Waals surface area contributed by atoms with Crippen LogP contribution in [0, 0.1) is 0 Å². The van der Waals surface area contributed by atoms with Crippen LogP contribution in [0.2, 0.25) is 0 Å². The molecule has 2 aromatic rings. The fourth-order valence-electron chi connectivity index (χ4n) is 3.38. The number of fused-ring (bicyclic) bond motifs is 2. The van der Waals surface area contributed by atoms with Gasteiger partial charge in [-0.05, 0) is 30.2 Å². The van der Waals surface area contributed by atoms with Gasteiger partial charge < -0.3 is 9.47 Å². The third kappa shape index (κ3) is 1.92. The second-order valence-corrected chi connectivity index (χ2v) is 5.58. The van der Waals surface area contributed by atoms with Crippen LogP contribution >= 0.6 is 0 Å². The van der Waals surface area contributed by atoms with Crippen LogP contribution < -0.4 is 0 Å². The van der Waals surface area contributed by atoms with Crippen LogP contribution in [0.15, 0.2) is 78.6 Å². The molecule has 2 aliphatic heterocycles. The first-order valence-corrected chi connectivity index (χ1v) is 7.71. The van der Waals surface area contributed by atoms with Crippen molar-refractivity contribution in [2.45, 2.75) is 18.6 Å². The fraction of sp³-hybridized carbons (Fsp3) is 0.200. The van der Waals surface area contributed by atoms with Gasteiger partial charge in [-0.2, -0.15) is 0 Å². The van der Waals surface area contributed by atoms with Crippen molar-refractivity contribution >= 4 is 5.57 Å². The molecule has 0 aliphatic carbocycles. The number of hydrogen-bond donors (Lipinski definition) is 0. The molecule has 0 saturated carbocycles. The lowest BCUT2D eigenvalue weighted by atomic mass is 9.81. The van der Waals surface area contributed by atoms with E-state index in [0.717, 1.165) is 16.9 Å². The summed E-state index contributed by atoms with van der Waals surface area (Å²) < 4.78 is 12.4. The van der Waals surface area contributed by atoms with Crippen molar-refractivity contribution in [1.82, 2.24) is 0 Å². The van der Waals surface area contributed by atoms with Crippen LogP contribution in [0.4, 0.5) is 0 Å². The van der Waals surface area contributed by atoms with Crippen molar-refractivity contribution < 1.29 is 9.47 Å². The minimum atomic E-state index is -0.729. The molecule has 2 unspecified atom stereocenters. The van der Waals surface area contributed by atoms with E-state index in [-0.39, 0.29) is 5.92 Å². The van der Waals surface area contributed by atoms with Crippen molar-refractivity contribution in [2.24, 2.45) is 0 Å². The standard InChI is InChI=1S/C20H18O2/c1-2-21-20-18(15-9-5-3-6-10-15)13-17(22-20)14-19(20)16-11-7-4-8-12-16/h3-14,18H,2H2,1H3. The Bertz CT molecular complexity index is 731. The highest BCUT2D eigenvalue weighted by Crippen LogP contribution is 2.54. The van der Waals surface area contributed by atoms with Crippen molar-refractivity contribution in [3.05, 3.63) is 89.7 Å². The number of hydrogen-bond acceptors (Lipinski definition) is 2. The molecule has 0 radical (unpaired) electrons. The first kappa shape index (κ1) is 13.4. The maximum Gasteiger partial charge on any atom is 0.248 e. The van der Waals surface area contributed by atoms with Crippen LogP contribution in [0.25, 0.3) is 5.57 Å². The molecule has 110 valence electrons. The summed E-state index contributed by atoms with van der Waals surface area (Å²) in [4.78, 5) is 0. The molecule has 22 heavy (non-hydrogen) atoms. The van der Waals surface area contributed by atoms with E-state index in [1.807, 2.05) is 31.2 Å². The van der Waals surface area contributed by atoms with E-state index in [9.17, 15) is 0 Å². The summed E-state index contributed by atoms with van der Waals surface area (Å²) >= 11 is 0. The Morgan fingerprint density at radius 3 is 2.36 bits per heavy atom. The van der Waals surface area contributed by atoms with Crippen LogP contribution in [0.3, 0.4) is 0 Å². The molecule has 2 aliphatic rings. The molecular formula is C20H18O2. The minimum Gasteiger partial charge on any atom is -0.457 e. The molecule has 0 aromatic heterocycles. The van der Waals surface area contributed by atoms with Crippen molar-refractivity contribution in [3.63, 3.8) is 0 Å². The molecule has 0 N–H and O–H groups in total. The second-order valence-electron chi connectivity index (χ2n) is 5.58. The molecule has 2 atom stereocenters. The van der Waals surface area contributed by atoms with E-state index in [0.29, 0.717) is 6.61 Å². The van der Waals surface area contributed by atoms with Gasteiger partial charge in [-0.1, -0.05) is 60.7 Å². The van der Waals surface area contributed by atoms with Gasteiger partial charge in [-0.15, -0.1) is 0 Å². The van der Waals surface area contributed by atoms with Crippen LogP contribution in [0.5, 0.6) is 0 Å². The van der Waals surface area contributed by atoms with Gasteiger partial charge in [0.25, 0.3) is 0 Å². The van der Waals surface area contributed by atoms with Crippen LogP contribution in [0.1, 0.15) is 24.0 Å². The predicted octanol–water partition coefficient (Wildman–Crippen LogP) is 4.51. The van der Waals surface area contributed by atoms with E-state index in [1.54, 1.807) is 0 Å². The lowest BCUT2D eigenvalue weighted by Gasteiger charge is -2.34. The number of benzene rings is 2. The summed E-state index contributed by atoms with van der Waals surface area (Å²) in [5.41, 5.74) is 3.48. The third-order valence-corrected chi connectivity index (χ3v) is 4.27. The number of ether oxygens (including phenoxy) is 2. The molecule has 0 amide bonds. The Labute approximate surface area is 130 Å². The quantitative estimate of drug-likeness (QED) is 0.824. The van der Waals surface area contributed by atoms with Gasteiger partial charge in [0.2, 0.25) is 5.79 Å².